The molecule has 0 bridgehead atoms. The van der Waals surface area contributed by atoms with Gasteiger partial charge in [-0.15, -0.1) is 24.0 Å². The van der Waals surface area contributed by atoms with Crippen molar-refractivity contribution in [1.82, 2.24) is 10.6 Å². The van der Waals surface area contributed by atoms with Crippen molar-refractivity contribution in [2.75, 3.05) is 38.3 Å². The van der Waals surface area contributed by atoms with Crippen LogP contribution < -0.4 is 10.6 Å². The second kappa shape index (κ2) is 12.5. The van der Waals surface area contributed by atoms with Crippen molar-refractivity contribution < 1.29 is 13.2 Å². The Kier molecular flexibility index (Phi) is 12.0. The van der Waals surface area contributed by atoms with Gasteiger partial charge >= 0.3 is 0 Å². The van der Waals surface area contributed by atoms with E-state index in [1.165, 1.54) is 17.4 Å². The van der Waals surface area contributed by atoms with Gasteiger partial charge in [-0.3, -0.25) is 4.99 Å². The summed E-state index contributed by atoms with van der Waals surface area (Å²) in [6.07, 6.45) is 1.20. The number of rotatable bonds is 9. The maximum Gasteiger partial charge on any atom is 0.191 e. The summed E-state index contributed by atoms with van der Waals surface area (Å²) < 4.78 is 27.3. The summed E-state index contributed by atoms with van der Waals surface area (Å²) in [7, 11) is -2.97. The van der Waals surface area contributed by atoms with Crippen LogP contribution in [0.2, 0.25) is 0 Å². The van der Waals surface area contributed by atoms with Crippen molar-refractivity contribution in [2.24, 2.45) is 4.99 Å². The molecule has 1 atom stereocenters. The molecule has 0 heterocycles. The first-order chi connectivity index (χ1) is 11.3. The molecule has 8 heteroatoms. The molecule has 1 aromatic rings. The minimum Gasteiger partial charge on any atom is -0.378 e. The number of guanidine groups is 1. The van der Waals surface area contributed by atoms with E-state index >= 15 is 0 Å². The van der Waals surface area contributed by atoms with Gasteiger partial charge < -0.3 is 15.4 Å². The first-order valence-corrected chi connectivity index (χ1v) is 10.3. The van der Waals surface area contributed by atoms with E-state index in [0.29, 0.717) is 13.2 Å². The molecule has 1 rings (SSSR count). The third-order valence-corrected chi connectivity index (χ3v) is 4.36. The molecule has 0 radical (unpaired) electrons. The highest BCUT2D eigenvalue weighted by atomic mass is 127. The lowest BCUT2D eigenvalue weighted by Crippen LogP contribution is -2.39. The van der Waals surface area contributed by atoms with Gasteiger partial charge in [-0.05, 0) is 31.9 Å². The molecule has 2 N–H and O–H groups in total. The molecule has 0 amide bonds. The van der Waals surface area contributed by atoms with Crippen LogP contribution in [0.1, 0.15) is 31.0 Å². The monoisotopic (exact) mass is 483 g/mol. The zero-order valence-electron chi connectivity index (χ0n) is 15.4. The van der Waals surface area contributed by atoms with Crippen LogP contribution >= 0.6 is 24.0 Å². The van der Waals surface area contributed by atoms with E-state index in [1.54, 1.807) is 0 Å². The van der Waals surface area contributed by atoms with Crippen molar-refractivity contribution in [2.45, 2.75) is 26.8 Å². The minimum absolute atomic E-state index is 0. The number of hydrogen-bond acceptors (Lipinski definition) is 4. The average molecular weight is 483 g/mol. The molecule has 0 saturated carbocycles. The summed E-state index contributed by atoms with van der Waals surface area (Å²) in [5.41, 5.74) is 2.46. The largest absolute Gasteiger partial charge is 0.378 e. The van der Waals surface area contributed by atoms with Crippen molar-refractivity contribution in [3.63, 3.8) is 0 Å². The van der Waals surface area contributed by atoms with Crippen LogP contribution in [0.5, 0.6) is 0 Å². The van der Waals surface area contributed by atoms with Gasteiger partial charge in [0.15, 0.2) is 5.96 Å². The van der Waals surface area contributed by atoms with E-state index in [0.717, 1.165) is 12.5 Å². The van der Waals surface area contributed by atoms with Gasteiger partial charge in [0.05, 0.1) is 31.6 Å². The molecule has 0 saturated heterocycles. The summed E-state index contributed by atoms with van der Waals surface area (Å²) in [5.74, 6) is 0.763. The Labute approximate surface area is 168 Å². The fourth-order valence-electron chi connectivity index (χ4n) is 2.21. The third kappa shape index (κ3) is 10.7. The van der Waals surface area contributed by atoms with Crippen LogP contribution in [0.3, 0.4) is 0 Å². The number of halogens is 1. The number of hydrogen-bond donors (Lipinski definition) is 2. The fraction of sp³-hybridized carbons (Fsp3) is 0.588. The Morgan fingerprint density at radius 1 is 1.28 bits per heavy atom. The lowest BCUT2D eigenvalue weighted by molar-refractivity contribution is 0.157. The van der Waals surface area contributed by atoms with Gasteiger partial charge in [-0.1, -0.05) is 24.3 Å². The average Bonchev–Trinajstić information content (AvgIpc) is 2.50. The molecule has 1 unspecified atom stereocenters. The van der Waals surface area contributed by atoms with Gasteiger partial charge in [-0.2, -0.15) is 0 Å². The van der Waals surface area contributed by atoms with Gasteiger partial charge in [-0.25, -0.2) is 8.42 Å². The Morgan fingerprint density at radius 2 is 1.96 bits per heavy atom. The third-order valence-electron chi connectivity index (χ3n) is 3.46. The maximum atomic E-state index is 11.0. The lowest BCUT2D eigenvalue weighted by Gasteiger charge is -2.19. The van der Waals surface area contributed by atoms with Crippen LogP contribution in [0.4, 0.5) is 0 Å². The first-order valence-electron chi connectivity index (χ1n) is 8.19. The number of sulfone groups is 1. The van der Waals surface area contributed by atoms with Gasteiger partial charge in [0.2, 0.25) is 0 Å². The summed E-state index contributed by atoms with van der Waals surface area (Å²) in [4.78, 5) is 4.46. The smallest absolute Gasteiger partial charge is 0.191 e. The van der Waals surface area contributed by atoms with Gasteiger partial charge in [0.25, 0.3) is 0 Å². The quantitative estimate of drug-likeness (QED) is 0.244. The number of benzene rings is 1. The fourth-order valence-corrected chi connectivity index (χ4v) is 2.63. The molecule has 1 aromatic carbocycles. The van der Waals surface area contributed by atoms with Crippen molar-refractivity contribution in [1.29, 1.82) is 0 Å². The zero-order chi connectivity index (χ0) is 18.0. The second-order valence-electron chi connectivity index (χ2n) is 5.73. The van der Waals surface area contributed by atoms with Crippen molar-refractivity contribution in [3.8, 4) is 0 Å². The second-order valence-corrected chi connectivity index (χ2v) is 7.99. The Morgan fingerprint density at radius 3 is 2.56 bits per heavy atom. The number of nitrogens with one attached hydrogen (secondary N) is 2. The van der Waals surface area contributed by atoms with E-state index in [4.69, 9.17) is 4.74 Å². The van der Waals surface area contributed by atoms with Crippen LogP contribution in [0.25, 0.3) is 0 Å². The van der Waals surface area contributed by atoms with E-state index in [-0.39, 0.29) is 42.4 Å². The number of aliphatic imine (C=N–C) groups is 1. The van der Waals surface area contributed by atoms with E-state index in [2.05, 4.69) is 41.6 Å². The highest BCUT2D eigenvalue weighted by molar-refractivity contribution is 14.0. The Balaban J connectivity index is 0.00000576. The van der Waals surface area contributed by atoms with Crippen molar-refractivity contribution in [3.05, 3.63) is 35.4 Å². The van der Waals surface area contributed by atoms with Crippen LogP contribution in [0, 0.1) is 6.92 Å². The molecule has 0 spiro atoms. The molecule has 0 aliphatic heterocycles. The van der Waals surface area contributed by atoms with Gasteiger partial charge in [0.1, 0.15) is 9.84 Å². The molecular formula is C17H30IN3O3S. The highest BCUT2D eigenvalue weighted by Gasteiger charge is 2.09. The topological polar surface area (TPSA) is 79.8 Å². The standard InChI is InChI=1S/C17H29N3O3S.HI/c1-5-18-17(19-10-11-23-12-13-24(4,21)22)20-15(3)16-9-7-6-8-14(16)2;/h6-9,15H,5,10-13H2,1-4H3,(H2,18,19,20);1H. The molecular weight excluding hydrogens is 453 g/mol. The number of nitrogens with zero attached hydrogens (tertiary/aromatic N) is 1. The molecule has 0 aliphatic carbocycles. The maximum absolute atomic E-state index is 11.0. The van der Waals surface area contributed by atoms with E-state index < -0.39 is 9.84 Å². The Hall–Kier alpha value is -0.870. The molecule has 0 aromatic heterocycles. The highest BCUT2D eigenvalue weighted by Crippen LogP contribution is 2.16. The van der Waals surface area contributed by atoms with Gasteiger partial charge in [0, 0.05) is 12.8 Å². The van der Waals surface area contributed by atoms with E-state index in [1.807, 2.05) is 19.1 Å². The normalized spacial score (nSPS) is 13.0. The van der Waals surface area contributed by atoms with Crippen LogP contribution in [-0.4, -0.2) is 52.7 Å². The molecule has 25 heavy (non-hydrogen) atoms. The zero-order valence-corrected chi connectivity index (χ0v) is 18.6. The predicted octanol–water partition coefficient (Wildman–Crippen LogP) is 2.29. The summed E-state index contributed by atoms with van der Waals surface area (Å²) in [6, 6.07) is 8.38. The SMILES string of the molecule is CCNC(=NCCOCCS(C)(=O)=O)NC(C)c1ccccc1C.I. The van der Waals surface area contributed by atoms with E-state index in [9.17, 15) is 8.42 Å². The number of aryl methyl sites for hydroxylation is 1. The minimum atomic E-state index is -2.97. The summed E-state index contributed by atoms with van der Waals surface area (Å²) in [6.45, 7) is 8.03. The predicted molar refractivity (Wildman–Crippen MR) is 115 cm³/mol. The lowest BCUT2D eigenvalue weighted by atomic mass is 10.0. The van der Waals surface area contributed by atoms with Crippen molar-refractivity contribution >= 4 is 39.8 Å². The molecule has 0 aliphatic rings. The van der Waals surface area contributed by atoms with Crippen LogP contribution in [0.15, 0.2) is 29.3 Å². The number of ether oxygens (including phenoxy) is 1. The molecule has 144 valence electrons. The first kappa shape index (κ1) is 24.1. The Bertz CT molecular complexity index is 636. The molecule has 6 nitrogen and oxygen atoms in total. The van der Waals surface area contributed by atoms with Crippen LogP contribution in [-0.2, 0) is 14.6 Å². The summed E-state index contributed by atoms with van der Waals surface area (Å²) >= 11 is 0. The summed E-state index contributed by atoms with van der Waals surface area (Å²) in [5, 5.41) is 6.58. The molecule has 0 fully saturated rings.